The second kappa shape index (κ2) is 4.91. The Kier molecular flexibility index (Phi) is 2.89. The van der Waals surface area contributed by atoms with Gasteiger partial charge >= 0.3 is 0 Å². The van der Waals surface area contributed by atoms with Gasteiger partial charge in [0.1, 0.15) is 5.82 Å². The van der Waals surface area contributed by atoms with Gasteiger partial charge in [-0.3, -0.25) is 9.61 Å². The van der Waals surface area contributed by atoms with Gasteiger partial charge in [-0.15, -0.1) is 0 Å². The van der Waals surface area contributed by atoms with Crippen LogP contribution in [0.3, 0.4) is 0 Å². The zero-order valence-corrected chi connectivity index (χ0v) is 12.2. The number of benzene rings is 1. The lowest BCUT2D eigenvalue weighted by molar-refractivity contribution is 0.616. The number of H-pyrrole nitrogens is 1. The van der Waals surface area contributed by atoms with Gasteiger partial charge in [-0.2, -0.15) is 0 Å². The molecule has 0 fully saturated rings. The molecule has 110 valence electrons. The van der Waals surface area contributed by atoms with E-state index in [1.165, 1.54) is 11.6 Å². The van der Waals surface area contributed by atoms with Crippen LogP contribution in [0.25, 0.3) is 11.1 Å². The number of nitrogens with zero attached hydrogens (tertiary/aromatic N) is 1. The molecule has 22 heavy (non-hydrogen) atoms. The van der Waals surface area contributed by atoms with Crippen molar-refractivity contribution in [2.45, 2.75) is 13.0 Å². The number of aromatic amines is 1. The molecule has 0 radical (unpaired) electrons. The molecular weight excluding hydrogens is 277 g/mol. The van der Waals surface area contributed by atoms with Gasteiger partial charge in [0.15, 0.2) is 0 Å². The molecule has 1 aliphatic heterocycles. The number of nitrogens with one attached hydrogen (secondary N) is 2. The molecule has 3 heterocycles. The molecular formula is C18H16FN3. The van der Waals surface area contributed by atoms with Crippen LogP contribution < -0.4 is 5.32 Å². The van der Waals surface area contributed by atoms with Gasteiger partial charge in [-0.25, -0.2) is 4.39 Å². The van der Waals surface area contributed by atoms with E-state index in [0.29, 0.717) is 5.56 Å². The summed E-state index contributed by atoms with van der Waals surface area (Å²) in [6, 6.07) is 9.54. The fraction of sp³-hybridized carbons (Fsp3) is 0.111. The Labute approximate surface area is 127 Å². The maximum Gasteiger partial charge on any atom is 0.126 e. The fourth-order valence-corrected chi connectivity index (χ4v) is 2.87. The lowest BCUT2D eigenvalue weighted by atomic mass is 9.90. The van der Waals surface area contributed by atoms with Crippen LogP contribution in [0.4, 0.5) is 4.39 Å². The lowest BCUT2D eigenvalue weighted by Gasteiger charge is -2.25. The second-order valence-corrected chi connectivity index (χ2v) is 5.57. The Morgan fingerprint density at radius 2 is 2.09 bits per heavy atom. The van der Waals surface area contributed by atoms with E-state index in [1.807, 2.05) is 41.3 Å². The second-order valence-electron chi connectivity index (χ2n) is 5.57. The predicted octanol–water partition coefficient (Wildman–Crippen LogP) is 3.96. The summed E-state index contributed by atoms with van der Waals surface area (Å²) in [5.41, 5.74) is 5.21. The molecule has 2 N–H and O–H groups in total. The highest BCUT2D eigenvalue weighted by Gasteiger charge is 2.19. The van der Waals surface area contributed by atoms with Gasteiger partial charge in [0.25, 0.3) is 0 Å². The van der Waals surface area contributed by atoms with Gasteiger partial charge in [0.2, 0.25) is 0 Å². The van der Waals surface area contributed by atoms with E-state index in [-0.39, 0.29) is 11.9 Å². The van der Waals surface area contributed by atoms with E-state index in [9.17, 15) is 4.39 Å². The highest BCUT2D eigenvalue weighted by atomic mass is 19.1. The van der Waals surface area contributed by atoms with Crippen molar-refractivity contribution in [3.8, 4) is 0 Å². The Morgan fingerprint density at radius 1 is 1.18 bits per heavy atom. The minimum absolute atomic E-state index is 0.0281. The first kappa shape index (κ1) is 13.0. The largest absolute Gasteiger partial charge is 0.380 e. The molecule has 0 saturated heterocycles. The normalized spacial score (nSPS) is 17.5. The Hall–Kier alpha value is -2.75. The Morgan fingerprint density at radius 3 is 2.82 bits per heavy atom. The number of fused-ring (bicyclic) bond motifs is 1. The predicted molar refractivity (Wildman–Crippen MR) is 85.9 cm³/mol. The van der Waals surface area contributed by atoms with Crippen molar-refractivity contribution in [3.63, 3.8) is 0 Å². The summed E-state index contributed by atoms with van der Waals surface area (Å²) in [7, 11) is 0. The van der Waals surface area contributed by atoms with Crippen molar-refractivity contribution < 1.29 is 4.39 Å². The third kappa shape index (κ3) is 2.04. The smallest absolute Gasteiger partial charge is 0.126 e. The first-order valence-corrected chi connectivity index (χ1v) is 7.27. The third-order valence-corrected chi connectivity index (χ3v) is 4.13. The molecule has 4 heteroatoms. The van der Waals surface area contributed by atoms with E-state index >= 15 is 0 Å². The molecule has 3 nitrogen and oxygen atoms in total. The zero-order chi connectivity index (χ0) is 15.1. The van der Waals surface area contributed by atoms with Gasteiger partial charge in [-0.05, 0) is 59.7 Å². The summed E-state index contributed by atoms with van der Waals surface area (Å²) < 4.78 is 15.5. The number of aromatic nitrogens is 2. The fourth-order valence-electron chi connectivity index (χ4n) is 2.87. The molecule has 1 aromatic carbocycles. The summed E-state index contributed by atoms with van der Waals surface area (Å²) in [5, 5.41) is 6.46. The van der Waals surface area contributed by atoms with E-state index in [0.717, 1.165) is 16.6 Å². The number of allylic oxidation sites excluding steroid dienone is 2. The first-order valence-electron chi connectivity index (χ1n) is 7.27. The molecule has 0 aliphatic carbocycles. The molecule has 0 saturated carbocycles. The summed E-state index contributed by atoms with van der Waals surface area (Å²) in [4.78, 5) is 0. The maximum absolute atomic E-state index is 13.5. The molecule has 2 aromatic heterocycles. The summed E-state index contributed by atoms with van der Waals surface area (Å²) in [5.74, 6) is -0.168. The molecule has 1 aliphatic rings. The molecule has 0 spiro atoms. The SMILES string of the molecule is Cc1cc(C2NC=CC=C2c2ccn3[nH]cc3c2)ccc1F. The number of pyridine rings is 1. The van der Waals surface area contributed by atoms with Gasteiger partial charge in [-0.1, -0.05) is 18.2 Å². The molecule has 4 rings (SSSR count). The lowest BCUT2D eigenvalue weighted by Crippen LogP contribution is -2.20. The van der Waals surface area contributed by atoms with Gasteiger partial charge in [0, 0.05) is 12.4 Å². The van der Waals surface area contributed by atoms with E-state index in [2.05, 4.69) is 28.6 Å². The van der Waals surface area contributed by atoms with Crippen molar-refractivity contribution in [2.75, 3.05) is 0 Å². The minimum atomic E-state index is -0.168. The van der Waals surface area contributed by atoms with Crippen LogP contribution in [-0.2, 0) is 0 Å². The molecule has 1 atom stereocenters. The zero-order valence-electron chi connectivity index (χ0n) is 12.2. The quantitative estimate of drug-likeness (QED) is 0.736. The van der Waals surface area contributed by atoms with Crippen LogP contribution >= 0.6 is 0 Å². The van der Waals surface area contributed by atoms with Crippen molar-refractivity contribution in [1.82, 2.24) is 14.9 Å². The maximum atomic E-state index is 13.5. The average molecular weight is 293 g/mol. The van der Waals surface area contributed by atoms with Gasteiger partial charge < -0.3 is 5.32 Å². The average Bonchev–Trinajstić information content (AvgIpc) is 2.51. The standard InChI is InChI=1S/C18H16FN3/c1-12-9-14(4-5-17(12)19)18-16(3-2-7-20-18)13-6-8-22-15(10-13)11-21-22/h2-11,18,20-21H,1H3. The highest BCUT2D eigenvalue weighted by Crippen LogP contribution is 2.33. The Bertz CT molecular complexity index is 898. The molecule has 3 aromatic rings. The van der Waals surface area contributed by atoms with Crippen molar-refractivity contribution >= 4 is 11.1 Å². The van der Waals surface area contributed by atoms with Crippen LogP contribution in [-0.4, -0.2) is 9.61 Å². The summed E-state index contributed by atoms with van der Waals surface area (Å²) >= 11 is 0. The summed E-state index contributed by atoms with van der Waals surface area (Å²) in [6.07, 6.45) is 10.0. The monoisotopic (exact) mass is 293 g/mol. The number of rotatable bonds is 2. The molecule has 0 bridgehead atoms. The molecule has 0 amide bonds. The van der Waals surface area contributed by atoms with Crippen LogP contribution in [0.2, 0.25) is 0 Å². The van der Waals surface area contributed by atoms with Crippen LogP contribution in [0.15, 0.2) is 61.1 Å². The number of hydrogen-bond donors (Lipinski definition) is 2. The van der Waals surface area contributed by atoms with Crippen molar-refractivity contribution in [2.24, 2.45) is 0 Å². The topological polar surface area (TPSA) is 32.2 Å². The van der Waals surface area contributed by atoms with Crippen LogP contribution in [0.1, 0.15) is 22.7 Å². The Balaban J connectivity index is 1.77. The van der Waals surface area contributed by atoms with E-state index in [4.69, 9.17) is 0 Å². The first-order chi connectivity index (χ1) is 10.7. The highest BCUT2D eigenvalue weighted by molar-refractivity contribution is 5.76. The molecule has 1 unspecified atom stereocenters. The van der Waals surface area contributed by atoms with Crippen LogP contribution in [0, 0.1) is 12.7 Å². The number of aryl methyl sites for hydroxylation is 1. The number of hydrogen-bond acceptors (Lipinski definition) is 1. The van der Waals surface area contributed by atoms with Crippen LogP contribution in [0.5, 0.6) is 0 Å². The number of dihydropyridines is 1. The van der Waals surface area contributed by atoms with Crippen molar-refractivity contribution in [1.29, 1.82) is 0 Å². The van der Waals surface area contributed by atoms with Gasteiger partial charge in [0.05, 0.1) is 11.6 Å². The van der Waals surface area contributed by atoms with E-state index < -0.39 is 0 Å². The van der Waals surface area contributed by atoms with E-state index in [1.54, 1.807) is 6.92 Å². The number of halogens is 1. The summed E-state index contributed by atoms with van der Waals surface area (Å²) in [6.45, 7) is 1.80. The third-order valence-electron chi connectivity index (χ3n) is 4.13. The minimum Gasteiger partial charge on any atom is -0.380 e. The van der Waals surface area contributed by atoms with Crippen molar-refractivity contribution in [3.05, 3.63) is 83.6 Å².